The van der Waals surface area contributed by atoms with Gasteiger partial charge < -0.3 is 9.84 Å². The first-order valence-electron chi connectivity index (χ1n) is 7.38. The number of likely N-dealkylation sites (N-methyl/N-ethyl adjacent to an activating group) is 1. The van der Waals surface area contributed by atoms with E-state index in [1.165, 1.54) is 0 Å². The molecule has 1 N–H and O–H groups in total. The summed E-state index contributed by atoms with van der Waals surface area (Å²) >= 11 is 12.5. The second kappa shape index (κ2) is 6.88. The van der Waals surface area contributed by atoms with E-state index in [2.05, 4.69) is 25.5 Å². The zero-order chi connectivity index (χ0) is 17.3. The molecule has 1 atom stereocenters. The molecule has 0 fully saturated rings. The van der Waals surface area contributed by atoms with Crippen LogP contribution in [-0.4, -0.2) is 38.0 Å². The molecule has 3 rings (SSSR count). The average Bonchev–Trinajstić information content (AvgIpc) is 3.14. The van der Waals surface area contributed by atoms with Gasteiger partial charge in [-0.25, -0.2) is 9.67 Å². The van der Waals surface area contributed by atoms with E-state index < -0.39 is 0 Å². The third kappa shape index (κ3) is 3.28. The molecule has 0 saturated carbocycles. The van der Waals surface area contributed by atoms with Crippen molar-refractivity contribution in [2.45, 2.75) is 26.3 Å². The molecule has 0 saturated heterocycles. The van der Waals surface area contributed by atoms with Crippen LogP contribution < -0.4 is 5.32 Å². The number of aromatic nitrogens is 5. The van der Waals surface area contributed by atoms with Crippen LogP contribution in [-0.2, 0) is 6.42 Å². The van der Waals surface area contributed by atoms with Crippen molar-refractivity contribution in [3.8, 4) is 17.4 Å². The van der Waals surface area contributed by atoms with Crippen molar-refractivity contribution in [1.29, 1.82) is 0 Å². The number of nitrogens with one attached hydrogen (secondary N) is 1. The van der Waals surface area contributed by atoms with Crippen LogP contribution in [0.1, 0.15) is 18.6 Å². The van der Waals surface area contributed by atoms with Crippen molar-refractivity contribution in [3.63, 3.8) is 0 Å². The maximum absolute atomic E-state index is 6.24. The molecule has 0 bridgehead atoms. The second-order valence-corrected chi connectivity index (χ2v) is 6.19. The highest BCUT2D eigenvalue weighted by molar-refractivity contribution is 6.37. The lowest BCUT2D eigenvalue weighted by Crippen LogP contribution is -2.24. The van der Waals surface area contributed by atoms with Gasteiger partial charge in [0.2, 0.25) is 5.82 Å². The van der Waals surface area contributed by atoms with Crippen LogP contribution in [0.4, 0.5) is 0 Å². The number of rotatable bonds is 5. The van der Waals surface area contributed by atoms with Crippen LogP contribution >= 0.6 is 23.2 Å². The smallest absolute Gasteiger partial charge is 0.297 e. The summed E-state index contributed by atoms with van der Waals surface area (Å²) in [5, 5.41) is 12.5. The molecule has 0 aliphatic heterocycles. The Hall–Kier alpha value is -1.96. The molecule has 1 aromatic carbocycles. The first kappa shape index (κ1) is 16.9. The summed E-state index contributed by atoms with van der Waals surface area (Å²) in [4.78, 5) is 8.71. The first-order valence-corrected chi connectivity index (χ1v) is 8.13. The van der Waals surface area contributed by atoms with E-state index in [0.717, 1.165) is 0 Å². The number of benzene rings is 1. The minimum absolute atomic E-state index is 0.240. The molecule has 0 aliphatic carbocycles. The molecule has 7 nitrogen and oxygen atoms in total. The number of hydrogen-bond donors (Lipinski definition) is 1. The Morgan fingerprint density at radius 2 is 1.96 bits per heavy atom. The Balaban J connectivity index is 1.95. The summed E-state index contributed by atoms with van der Waals surface area (Å²) in [6, 6.07) is 5.50. The van der Waals surface area contributed by atoms with Gasteiger partial charge in [0, 0.05) is 12.5 Å². The number of halogens is 2. The number of para-hydroxylation sites is 1. The summed E-state index contributed by atoms with van der Waals surface area (Å²) in [7, 11) is 1.88. The van der Waals surface area contributed by atoms with Crippen LogP contribution in [0.15, 0.2) is 22.7 Å². The highest BCUT2D eigenvalue weighted by atomic mass is 35.5. The molecule has 3 aromatic rings. The van der Waals surface area contributed by atoms with E-state index >= 15 is 0 Å². The van der Waals surface area contributed by atoms with Crippen molar-refractivity contribution in [2.24, 2.45) is 0 Å². The lowest BCUT2D eigenvalue weighted by atomic mass is 10.2. The Morgan fingerprint density at radius 1 is 1.25 bits per heavy atom. The van der Waals surface area contributed by atoms with E-state index in [1.54, 1.807) is 29.8 Å². The summed E-state index contributed by atoms with van der Waals surface area (Å²) in [5.41, 5.74) is 0.570. The lowest BCUT2D eigenvalue weighted by Gasteiger charge is -2.07. The van der Waals surface area contributed by atoms with Crippen LogP contribution in [0.3, 0.4) is 0 Å². The fourth-order valence-electron chi connectivity index (χ4n) is 2.19. The molecule has 2 aromatic heterocycles. The molecule has 0 aliphatic rings. The van der Waals surface area contributed by atoms with E-state index in [9.17, 15) is 0 Å². The second-order valence-electron chi connectivity index (χ2n) is 5.37. The van der Waals surface area contributed by atoms with Crippen LogP contribution in [0, 0.1) is 6.92 Å². The van der Waals surface area contributed by atoms with Crippen molar-refractivity contribution in [3.05, 3.63) is 39.9 Å². The number of nitrogens with zero attached hydrogens (tertiary/aromatic N) is 5. The fraction of sp³-hybridized carbons (Fsp3) is 0.333. The quantitative estimate of drug-likeness (QED) is 0.746. The standard InChI is InChI=1S/C15H16Cl2N6O/c1-8(18-3)7-12-20-15(24-22-12)14-19-9(2)23(21-14)13-10(16)5-4-6-11(13)17/h4-6,8,18H,7H2,1-3H3. The maximum atomic E-state index is 6.24. The molecular weight excluding hydrogens is 351 g/mol. The molecule has 0 radical (unpaired) electrons. The lowest BCUT2D eigenvalue weighted by molar-refractivity contribution is 0.416. The minimum Gasteiger partial charge on any atom is -0.330 e. The summed E-state index contributed by atoms with van der Waals surface area (Å²) in [6.45, 7) is 3.84. The van der Waals surface area contributed by atoms with E-state index in [1.807, 2.05) is 14.0 Å². The molecule has 9 heteroatoms. The molecule has 24 heavy (non-hydrogen) atoms. The molecule has 1 unspecified atom stereocenters. The fourth-order valence-corrected chi connectivity index (χ4v) is 2.75. The van der Waals surface area contributed by atoms with Gasteiger partial charge in [0.25, 0.3) is 5.89 Å². The van der Waals surface area contributed by atoms with Gasteiger partial charge in [-0.1, -0.05) is 34.4 Å². The Kier molecular flexibility index (Phi) is 4.84. The van der Waals surface area contributed by atoms with E-state index in [0.29, 0.717) is 39.6 Å². The van der Waals surface area contributed by atoms with Crippen molar-refractivity contribution in [2.75, 3.05) is 7.05 Å². The first-order chi connectivity index (χ1) is 11.5. The maximum Gasteiger partial charge on any atom is 0.297 e. The molecule has 0 spiro atoms. The SMILES string of the molecule is CNC(C)Cc1noc(-c2nc(C)n(-c3c(Cl)cccc3Cl)n2)n1. The Morgan fingerprint density at radius 3 is 2.62 bits per heavy atom. The van der Waals surface area contributed by atoms with Crippen LogP contribution in [0.2, 0.25) is 10.0 Å². The third-order valence-corrected chi connectivity index (χ3v) is 4.17. The number of aryl methyl sites for hydroxylation is 1. The highest BCUT2D eigenvalue weighted by Gasteiger charge is 2.19. The van der Waals surface area contributed by atoms with Crippen molar-refractivity contribution >= 4 is 23.2 Å². The van der Waals surface area contributed by atoms with Gasteiger partial charge in [0.05, 0.1) is 10.0 Å². The predicted octanol–water partition coefficient (Wildman–Crippen LogP) is 3.08. The normalized spacial score (nSPS) is 12.5. The van der Waals surface area contributed by atoms with Gasteiger partial charge in [-0.15, -0.1) is 5.10 Å². The summed E-state index contributed by atoms with van der Waals surface area (Å²) < 4.78 is 6.84. The van der Waals surface area contributed by atoms with Gasteiger partial charge in [-0.05, 0) is 33.0 Å². The van der Waals surface area contributed by atoms with Gasteiger partial charge in [0.15, 0.2) is 5.82 Å². The summed E-state index contributed by atoms with van der Waals surface area (Å²) in [5.74, 6) is 1.80. The summed E-state index contributed by atoms with van der Waals surface area (Å²) in [6.07, 6.45) is 0.649. The largest absolute Gasteiger partial charge is 0.330 e. The molecule has 2 heterocycles. The molecule has 0 amide bonds. The number of hydrogen-bond acceptors (Lipinski definition) is 6. The topological polar surface area (TPSA) is 81.7 Å². The van der Waals surface area contributed by atoms with Crippen LogP contribution in [0.5, 0.6) is 0 Å². The van der Waals surface area contributed by atoms with E-state index in [4.69, 9.17) is 27.7 Å². The highest BCUT2D eigenvalue weighted by Crippen LogP contribution is 2.29. The molecule has 126 valence electrons. The monoisotopic (exact) mass is 366 g/mol. The third-order valence-electron chi connectivity index (χ3n) is 3.56. The predicted molar refractivity (Wildman–Crippen MR) is 91.6 cm³/mol. The Bertz CT molecular complexity index is 839. The zero-order valence-corrected chi connectivity index (χ0v) is 14.9. The minimum atomic E-state index is 0.240. The molecular formula is C15H16Cl2N6O. The van der Waals surface area contributed by atoms with Crippen LogP contribution in [0.25, 0.3) is 17.4 Å². The Labute approximate surface area is 149 Å². The van der Waals surface area contributed by atoms with E-state index in [-0.39, 0.29) is 11.9 Å². The van der Waals surface area contributed by atoms with Crippen molar-refractivity contribution in [1.82, 2.24) is 30.2 Å². The van der Waals surface area contributed by atoms with Crippen molar-refractivity contribution < 1.29 is 4.52 Å². The van der Waals surface area contributed by atoms with Gasteiger partial charge in [-0.2, -0.15) is 4.98 Å². The van der Waals surface area contributed by atoms with Gasteiger partial charge in [-0.3, -0.25) is 0 Å². The zero-order valence-electron chi connectivity index (χ0n) is 13.4. The van der Waals surface area contributed by atoms with Gasteiger partial charge in [0.1, 0.15) is 11.5 Å². The average molecular weight is 367 g/mol. The van der Waals surface area contributed by atoms with Gasteiger partial charge >= 0.3 is 0 Å².